The highest BCUT2D eigenvalue weighted by Gasteiger charge is 2.30. The number of nitrogens with one attached hydrogen (secondary N) is 1. The van der Waals surface area contributed by atoms with E-state index in [1.807, 2.05) is 0 Å². The van der Waals surface area contributed by atoms with E-state index in [1.54, 1.807) is 24.3 Å². The molecule has 8 heteroatoms. The molecule has 2 amide bonds. The second-order valence-electron chi connectivity index (χ2n) is 5.59. The Kier molecular flexibility index (Phi) is 6.26. The number of nitrogens with zero attached hydrogens (tertiary/aromatic N) is 1. The zero-order valence-corrected chi connectivity index (χ0v) is 14.6. The second kappa shape index (κ2) is 8.23. The Bertz CT molecular complexity index is 792. The summed E-state index contributed by atoms with van der Waals surface area (Å²) in [5.74, 6) is -0.848. The lowest BCUT2D eigenvalue weighted by Gasteiger charge is -2.21. The zero-order chi connectivity index (χ0) is 19.3. The van der Waals surface area contributed by atoms with E-state index < -0.39 is 17.6 Å². The number of carbonyl (C=O) groups is 2. The number of rotatable bonds is 5. The Morgan fingerprint density at radius 2 is 1.69 bits per heavy atom. The first-order valence-electron chi connectivity index (χ1n) is 7.63. The maximum Gasteiger partial charge on any atom is 0.416 e. The average molecular weight is 385 g/mol. The van der Waals surface area contributed by atoms with Gasteiger partial charge in [-0.15, -0.1) is 0 Å². The van der Waals surface area contributed by atoms with Gasteiger partial charge in [-0.2, -0.15) is 13.2 Å². The van der Waals surface area contributed by atoms with Gasteiger partial charge in [-0.25, -0.2) is 0 Å². The van der Waals surface area contributed by atoms with E-state index >= 15 is 0 Å². The Hall–Kier alpha value is -2.54. The minimum absolute atomic E-state index is 0.148. The molecule has 0 aliphatic rings. The molecule has 2 rings (SSSR count). The minimum Gasteiger partial charge on any atom is -0.329 e. The SMILES string of the molecule is CC(=O)N(CC(=O)Nc1ccc(C(F)(F)F)cc1)Cc1ccccc1Cl. The number of carbonyl (C=O) groups excluding carboxylic acids is 2. The Morgan fingerprint density at radius 3 is 2.23 bits per heavy atom. The first-order chi connectivity index (χ1) is 12.2. The van der Waals surface area contributed by atoms with Gasteiger partial charge in [-0.05, 0) is 35.9 Å². The highest BCUT2D eigenvalue weighted by Crippen LogP contribution is 2.29. The molecule has 0 radical (unpaired) electrons. The van der Waals surface area contributed by atoms with Crippen LogP contribution in [0, 0.1) is 0 Å². The molecule has 0 heterocycles. The molecular formula is C18H16ClF3N2O2. The van der Waals surface area contributed by atoms with Gasteiger partial charge in [-0.3, -0.25) is 9.59 Å². The van der Waals surface area contributed by atoms with Crippen LogP contribution in [0.5, 0.6) is 0 Å². The molecular weight excluding hydrogens is 369 g/mol. The molecule has 1 N–H and O–H groups in total. The van der Waals surface area contributed by atoms with E-state index in [0.29, 0.717) is 10.6 Å². The largest absolute Gasteiger partial charge is 0.416 e. The molecule has 0 spiro atoms. The number of amides is 2. The van der Waals surface area contributed by atoms with Crippen molar-refractivity contribution in [1.29, 1.82) is 0 Å². The lowest BCUT2D eigenvalue weighted by atomic mass is 10.2. The summed E-state index contributed by atoms with van der Waals surface area (Å²) >= 11 is 6.06. The third-order valence-electron chi connectivity index (χ3n) is 3.59. The monoisotopic (exact) mass is 384 g/mol. The molecule has 0 atom stereocenters. The van der Waals surface area contributed by atoms with Gasteiger partial charge < -0.3 is 10.2 Å². The molecule has 0 unspecified atom stereocenters. The molecule has 2 aromatic carbocycles. The summed E-state index contributed by atoms with van der Waals surface area (Å²) in [4.78, 5) is 25.2. The van der Waals surface area contributed by atoms with Gasteiger partial charge in [0.1, 0.15) is 6.54 Å². The van der Waals surface area contributed by atoms with Crippen molar-refractivity contribution in [2.24, 2.45) is 0 Å². The molecule has 138 valence electrons. The van der Waals surface area contributed by atoms with Crippen LogP contribution in [0.4, 0.5) is 18.9 Å². The summed E-state index contributed by atoms with van der Waals surface area (Å²) < 4.78 is 37.6. The summed E-state index contributed by atoms with van der Waals surface area (Å²) in [7, 11) is 0. The molecule has 26 heavy (non-hydrogen) atoms. The molecule has 0 bridgehead atoms. The smallest absolute Gasteiger partial charge is 0.329 e. The fourth-order valence-corrected chi connectivity index (χ4v) is 2.42. The van der Waals surface area contributed by atoms with E-state index in [1.165, 1.54) is 11.8 Å². The molecule has 0 aliphatic carbocycles. The number of hydrogen-bond acceptors (Lipinski definition) is 2. The van der Waals surface area contributed by atoms with E-state index in [2.05, 4.69) is 5.32 Å². The van der Waals surface area contributed by atoms with Crippen LogP contribution in [0.2, 0.25) is 5.02 Å². The Balaban J connectivity index is 2.02. The van der Waals surface area contributed by atoms with E-state index in [-0.39, 0.29) is 24.7 Å². The zero-order valence-electron chi connectivity index (χ0n) is 13.8. The fraction of sp³-hybridized carbons (Fsp3) is 0.222. The maximum atomic E-state index is 12.5. The van der Waals surface area contributed by atoms with Crippen molar-refractivity contribution in [3.63, 3.8) is 0 Å². The number of hydrogen-bond donors (Lipinski definition) is 1. The third-order valence-corrected chi connectivity index (χ3v) is 3.96. The predicted octanol–water partition coefficient (Wildman–Crippen LogP) is 4.35. The van der Waals surface area contributed by atoms with Crippen LogP contribution in [0.15, 0.2) is 48.5 Å². The average Bonchev–Trinajstić information content (AvgIpc) is 2.55. The second-order valence-corrected chi connectivity index (χ2v) is 6.00. The van der Waals surface area contributed by atoms with Crippen LogP contribution in [0.3, 0.4) is 0 Å². The van der Waals surface area contributed by atoms with Crippen molar-refractivity contribution in [2.75, 3.05) is 11.9 Å². The molecule has 0 fully saturated rings. The summed E-state index contributed by atoms with van der Waals surface area (Å²) in [5, 5.41) is 2.95. The number of benzene rings is 2. The normalized spacial score (nSPS) is 11.1. The summed E-state index contributed by atoms with van der Waals surface area (Å²) in [6, 6.07) is 11.0. The quantitative estimate of drug-likeness (QED) is 0.833. The van der Waals surface area contributed by atoms with Gasteiger partial charge in [0.2, 0.25) is 11.8 Å². The fourth-order valence-electron chi connectivity index (χ4n) is 2.23. The van der Waals surface area contributed by atoms with Crippen molar-refractivity contribution in [2.45, 2.75) is 19.6 Å². The van der Waals surface area contributed by atoms with Gasteiger partial charge in [0, 0.05) is 24.2 Å². The van der Waals surface area contributed by atoms with Crippen molar-refractivity contribution < 1.29 is 22.8 Å². The number of halogens is 4. The molecule has 0 aliphatic heterocycles. The predicted molar refractivity (Wildman–Crippen MR) is 92.6 cm³/mol. The summed E-state index contributed by atoms with van der Waals surface area (Å²) in [5.41, 5.74) is 0.0931. The van der Waals surface area contributed by atoms with Gasteiger partial charge >= 0.3 is 6.18 Å². The topological polar surface area (TPSA) is 49.4 Å². The third kappa shape index (κ3) is 5.49. The molecule has 4 nitrogen and oxygen atoms in total. The van der Waals surface area contributed by atoms with Crippen LogP contribution < -0.4 is 5.32 Å². The summed E-state index contributed by atoms with van der Waals surface area (Å²) in [6.45, 7) is 1.22. The number of alkyl halides is 3. The molecule has 0 saturated heterocycles. The van der Waals surface area contributed by atoms with Gasteiger partial charge in [0.15, 0.2) is 0 Å². The standard InChI is InChI=1S/C18H16ClF3N2O2/c1-12(25)24(10-13-4-2-3-5-16(13)19)11-17(26)23-15-8-6-14(7-9-15)18(20,21)22/h2-9H,10-11H2,1H3,(H,23,26). The Labute approximate surface area is 153 Å². The number of anilines is 1. The van der Waals surface area contributed by atoms with Gasteiger partial charge in [0.05, 0.1) is 5.56 Å². The van der Waals surface area contributed by atoms with Crippen molar-refractivity contribution in [1.82, 2.24) is 4.90 Å². The lowest BCUT2D eigenvalue weighted by molar-refractivity contribution is -0.137. The van der Waals surface area contributed by atoms with Crippen molar-refractivity contribution >= 4 is 29.1 Å². The van der Waals surface area contributed by atoms with Crippen LogP contribution in [0.1, 0.15) is 18.1 Å². The molecule has 0 aromatic heterocycles. The van der Waals surface area contributed by atoms with Gasteiger partial charge in [0.25, 0.3) is 0 Å². The first kappa shape index (κ1) is 19.8. The Morgan fingerprint density at radius 1 is 1.08 bits per heavy atom. The van der Waals surface area contributed by atoms with Crippen LogP contribution in [-0.2, 0) is 22.3 Å². The maximum absolute atomic E-state index is 12.5. The van der Waals surface area contributed by atoms with E-state index in [9.17, 15) is 22.8 Å². The molecule has 2 aromatic rings. The van der Waals surface area contributed by atoms with E-state index in [0.717, 1.165) is 24.3 Å². The highest BCUT2D eigenvalue weighted by molar-refractivity contribution is 6.31. The van der Waals surface area contributed by atoms with Crippen molar-refractivity contribution in [3.05, 3.63) is 64.7 Å². The van der Waals surface area contributed by atoms with Crippen LogP contribution >= 0.6 is 11.6 Å². The summed E-state index contributed by atoms with van der Waals surface area (Å²) in [6.07, 6.45) is -4.44. The van der Waals surface area contributed by atoms with E-state index in [4.69, 9.17) is 11.6 Å². The minimum atomic E-state index is -4.44. The highest BCUT2D eigenvalue weighted by atomic mass is 35.5. The first-order valence-corrected chi connectivity index (χ1v) is 8.00. The molecule has 0 saturated carbocycles. The van der Waals surface area contributed by atoms with Crippen molar-refractivity contribution in [3.8, 4) is 0 Å². The van der Waals surface area contributed by atoms with Gasteiger partial charge in [-0.1, -0.05) is 29.8 Å². The lowest BCUT2D eigenvalue weighted by Crippen LogP contribution is -2.36. The van der Waals surface area contributed by atoms with Crippen LogP contribution in [-0.4, -0.2) is 23.3 Å². The van der Waals surface area contributed by atoms with Crippen LogP contribution in [0.25, 0.3) is 0 Å².